The van der Waals surface area contributed by atoms with Gasteiger partial charge < -0.3 is 5.73 Å². The van der Waals surface area contributed by atoms with Crippen LogP contribution in [0.15, 0.2) is 33.6 Å². The summed E-state index contributed by atoms with van der Waals surface area (Å²) in [7, 11) is -3.25. The van der Waals surface area contributed by atoms with Crippen LogP contribution in [0.4, 0.5) is 0 Å². The zero-order valence-electron chi connectivity index (χ0n) is 9.35. The van der Waals surface area contributed by atoms with E-state index in [0.717, 1.165) is 4.47 Å². The molecule has 1 aromatic carbocycles. The first-order chi connectivity index (χ1) is 7.34. The lowest BCUT2D eigenvalue weighted by atomic mass is 10.2. The van der Waals surface area contributed by atoms with Crippen molar-refractivity contribution in [1.82, 2.24) is 0 Å². The van der Waals surface area contributed by atoms with Crippen molar-refractivity contribution in [2.45, 2.75) is 36.5 Å². The predicted octanol–water partition coefficient (Wildman–Crippen LogP) is 2.35. The third kappa shape index (κ3) is 3.30. The lowest BCUT2D eigenvalue weighted by Gasteiger charge is -2.15. The van der Waals surface area contributed by atoms with Gasteiger partial charge in [-0.3, -0.25) is 0 Å². The van der Waals surface area contributed by atoms with E-state index in [-0.39, 0.29) is 6.04 Å². The molecule has 1 rings (SSSR count). The third-order valence-electron chi connectivity index (χ3n) is 2.38. The molecule has 0 radical (unpaired) electrons. The second-order valence-electron chi connectivity index (χ2n) is 4.02. The Kier molecular flexibility index (Phi) is 4.52. The number of halogens is 1. The van der Waals surface area contributed by atoms with Gasteiger partial charge in [-0.1, -0.05) is 15.9 Å². The molecule has 0 fully saturated rings. The molecular weight excluding hydrogens is 290 g/mol. The van der Waals surface area contributed by atoms with Gasteiger partial charge in [-0.05, 0) is 44.5 Å². The average Bonchev–Trinajstić information content (AvgIpc) is 2.17. The molecule has 2 unspecified atom stereocenters. The van der Waals surface area contributed by atoms with E-state index in [0.29, 0.717) is 11.3 Å². The van der Waals surface area contributed by atoms with Gasteiger partial charge in [0, 0.05) is 10.5 Å². The number of hydrogen-bond donors (Lipinski definition) is 1. The van der Waals surface area contributed by atoms with Gasteiger partial charge >= 0.3 is 0 Å². The number of nitrogens with two attached hydrogens (primary N) is 1. The molecule has 0 spiro atoms. The molecule has 0 aliphatic heterocycles. The Bertz CT molecular complexity index is 440. The minimum Gasteiger partial charge on any atom is -0.328 e. The van der Waals surface area contributed by atoms with Crippen LogP contribution in [-0.4, -0.2) is 19.7 Å². The third-order valence-corrected chi connectivity index (χ3v) is 5.09. The molecule has 2 atom stereocenters. The predicted molar refractivity (Wildman–Crippen MR) is 69.1 cm³/mol. The number of sulfone groups is 1. The number of hydrogen-bond acceptors (Lipinski definition) is 3. The number of rotatable bonds is 4. The summed E-state index contributed by atoms with van der Waals surface area (Å²) in [5.74, 6) is 0. The average molecular weight is 306 g/mol. The molecule has 16 heavy (non-hydrogen) atoms. The van der Waals surface area contributed by atoms with Crippen LogP contribution < -0.4 is 5.73 Å². The van der Waals surface area contributed by atoms with Crippen LogP contribution in [0.3, 0.4) is 0 Å². The van der Waals surface area contributed by atoms with Crippen LogP contribution in [-0.2, 0) is 9.84 Å². The summed E-state index contributed by atoms with van der Waals surface area (Å²) in [6, 6.07) is 6.56. The van der Waals surface area contributed by atoms with Crippen molar-refractivity contribution < 1.29 is 8.42 Å². The summed E-state index contributed by atoms with van der Waals surface area (Å²) >= 11 is 3.27. The van der Waals surface area contributed by atoms with Crippen LogP contribution in [0.1, 0.15) is 20.3 Å². The molecule has 0 saturated heterocycles. The maximum atomic E-state index is 12.1. The Morgan fingerprint density at radius 1 is 1.25 bits per heavy atom. The van der Waals surface area contributed by atoms with Crippen LogP contribution in [0.2, 0.25) is 0 Å². The van der Waals surface area contributed by atoms with E-state index < -0.39 is 15.1 Å². The Morgan fingerprint density at radius 2 is 1.75 bits per heavy atom. The highest BCUT2D eigenvalue weighted by Crippen LogP contribution is 2.21. The van der Waals surface area contributed by atoms with Crippen molar-refractivity contribution in [1.29, 1.82) is 0 Å². The van der Waals surface area contributed by atoms with Crippen molar-refractivity contribution in [2.24, 2.45) is 5.73 Å². The smallest absolute Gasteiger partial charge is 0.181 e. The molecule has 0 aliphatic carbocycles. The Labute approximate surface area is 105 Å². The van der Waals surface area contributed by atoms with Crippen LogP contribution in [0.5, 0.6) is 0 Å². The molecular formula is C11H16BrNO2S. The van der Waals surface area contributed by atoms with E-state index >= 15 is 0 Å². The fourth-order valence-corrected chi connectivity index (χ4v) is 3.31. The summed E-state index contributed by atoms with van der Waals surface area (Å²) in [6.45, 7) is 3.51. The van der Waals surface area contributed by atoms with E-state index in [4.69, 9.17) is 5.73 Å². The molecule has 90 valence electrons. The highest BCUT2D eigenvalue weighted by Gasteiger charge is 2.23. The van der Waals surface area contributed by atoms with Crippen molar-refractivity contribution in [3.63, 3.8) is 0 Å². The van der Waals surface area contributed by atoms with E-state index in [1.54, 1.807) is 31.2 Å². The summed E-state index contributed by atoms with van der Waals surface area (Å²) in [4.78, 5) is 0.351. The van der Waals surface area contributed by atoms with Gasteiger partial charge in [0.2, 0.25) is 0 Å². The quantitative estimate of drug-likeness (QED) is 0.929. The Hall–Kier alpha value is -0.390. The van der Waals surface area contributed by atoms with Gasteiger partial charge in [0.25, 0.3) is 0 Å². The first-order valence-electron chi connectivity index (χ1n) is 5.09. The summed E-state index contributed by atoms with van der Waals surface area (Å²) in [6.07, 6.45) is 0.471. The highest BCUT2D eigenvalue weighted by molar-refractivity contribution is 9.10. The first-order valence-corrected chi connectivity index (χ1v) is 7.43. The molecule has 1 aromatic rings. The van der Waals surface area contributed by atoms with Gasteiger partial charge in [-0.2, -0.15) is 0 Å². The minimum absolute atomic E-state index is 0.111. The summed E-state index contributed by atoms with van der Waals surface area (Å²) in [5.41, 5.74) is 5.62. The van der Waals surface area contributed by atoms with Crippen molar-refractivity contribution in [2.75, 3.05) is 0 Å². The first kappa shape index (κ1) is 13.7. The van der Waals surface area contributed by atoms with E-state index in [1.165, 1.54) is 0 Å². The molecule has 0 amide bonds. The summed E-state index contributed by atoms with van der Waals surface area (Å²) < 4.78 is 25.1. The van der Waals surface area contributed by atoms with Crippen LogP contribution in [0, 0.1) is 0 Å². The van der Waals surface area contributed by atoms with E-state index in [9.17, 15) is 8.42 Å². The molecule has 0 aliphatic rings. The molecule has 0 bridgehead atoms. The molecule has 2 N–H and O–H groups in total. The van der Waals surface area contributed by atoms with E-state index in [1.807, 2.05) is 6.92 Å². The van der Waals surface area contributed by atoms with Crippen molar-refractivity contribution >= 4 is 25.8 Å². The van der Waals surface area contributed by atoms with Crippen LogP contribution >= 0.6 is 15.9 Å². The molecule has 0 saturated carbocycles. The molecule has 3 nitrogen and oxygen atoms in total. The minimum atomic E-state index is -3.25. The molecule has 5 heteroatoms. The Balaban J connectivity index is 2.97. The second kappa shape index (κ2) is 5.29. The fraction of sp³-hybridized carbons (Fsp3) is 0.455. The van der Waals surface area contributed by atoms with Crippen molar-refractivity contribution in [3.05, 3.63) is 28.7 Å². The highest BCUT2D eigenvalue weighted by atomic mass is 79.9. The van der Waals surface area contributed by atoms with Gasteiger partial charge in [0.05, 0.1) is 10.1 Å². The number of benzene rings is 1. The van der Waals surface area contributed by atoms with Crippen molar-refractivity contribution in [3.8, 4) is 0 Å². The van der Waals surface area contributed by atoms with Gasteiger partial charge in [0.15, 0.2) is 9.84 Å². The topological polar surface area (TPSA) is 60.2 Å². The normalized spacial score (nSPS) is 15.8. The second-order valence-corrected chi connectivity index (χ2v) is 7.30. The largest absolute Gasteiger partial charge is 0.328 e. The fourth-order valence-electron chi connectivity index (χ4n) is 1.51. The van der Waals surface area contributed by atoms with Gasteiger partial charge in [0.1, 0.15) is 0 Å². The van der Waals surface area contributed by atoms with E-state index in [2.05, 4.69) is 15.9 Å². The van der Waals surface area contributed by atoms with Gasteiger partial charge in [-0.15, -0.1) is 0 Å². The monoisotopic (exact) mass is 305 g/mol. The zero-order valence-corrected chi connectivity index (χ0v) is 11.8. The SMILES string of the molecule is CC(N)CC(C)S(=O)(=O)c1ccc(Br)cc1. The maximum Gasteiger partial charge on any atom is 0.181 e. The van der Waals surface area contributed by atoms with Crippen LogP contribution in [0.25, 0.3) is 0 Å². The molecule has 0 aromatic heterocycles. The maximum absolute atomic E-state index is 12.1. The summed E-state index contributed by atoms with van der Waals surface area (Å²) in [5, 5.41) is -0.450. The Morgan fingerprint density at radius 3 is 2.19 bits per heavy atom. The lowest BCUT2D eigenvalue weighted by molar-refractivity contribution is 0.563. The zero-order chi connectivity index (χ0) is 12.3. The standard InChI is InChI=1S/C11H16BrNO2S/c1-8(13)7-9(2)16(14,15)11-5-3-10(12)4-6-11/h3-6,8-9H,7,13H2,1-2H3. The molecule has 0 heterocycles. The lowest BCUT2D eigenvalue weighted by Crippen LogP contribution is -2.27. The van der Waals surface area contributed by atoms with Gasteiger partial charge in [-0.25, -0.2) is 8.42 Å².